The summed E-state index contributed by atoms with van der Waals surface area (Å²) in [7, 11) is 0. The molecule has 11 heavy (non-hydrogen) atoms. The Morgan fingerprint density at radius 1 is 1.45 bits per heavy atom. The maximum absolute atomic E-state index is 10.8. The van der Waals surface area contributed by atoms with Gasteiger partial charge < -0.3 is 0 Å². The SMILES string of the molecule is O=S=NC(=O)c1cncnc1. The number of hydrogen-bond acceptors (Lipinski definition) is 4. The summed E-state index contributed by atoms with van der Waals surface area (Å²) in [4.78, 5) is 17.9. The van der Waals surface area contributed by atoms with E-state index < -0.39 is 5.91 Å². The zero-order chi connectivity index (χ0) is 8.10. The van der Waals surface area contributed by atoms with Crippen molar-refractivity contribution in [2.75, 3.05) is 0 Å². The Labute approximate surface area is 65.7 Å². The van der Waals surface area contributed by atoms with Crippen molar-refractivity contribution >= 4 is 17.4 Å². The summed E-state index contributed by atoms with van der Waals surface area (Å²) in [5.74, 6) is -0.606. The molecule has 6 heteroatoms. The Morgan fingerprint density at radius 2 is 2.09 bits per heavy atom. The standard InChI is InChI=1S/C5H3N3O2S/c9-5(8-11-10)4-1-6-3-7-2-4/h1-3H. The lowest BCUT2D eigenvalue weighted by Gasteiger charge is -1.87. The van der Waals surface area contributed by atoms with E-state index in [1.54, 1.807) is 0 Å². The van der Waals surface area contributed by atoms with Crippen LogP contribution in [0.2, 0.25) is 0 Å². The van der Waals surface area contributed by atoms with E-state index in [0.29, 0.717) is 0 Å². The predicted octanol–water partition coefficient (Wildman–Crippen LogP) is 0.0134. The Kier molecular flexibility index (Phi) is 2.56. The van der Waals surface area contributed by atoms with Crippen molar-refractivity contribution in [3.8, 4) is 0 Å². The van der Waals surface area contributed by atoms with E-state index in [9.17, 15) is 9.00 Å². The lowest BCUT2D eigenvalue weighted by molar-refractivity contribution is 0.100. The zero-order valence-electron chi connectivity index (χ0n) is 5.30. The largest absolute Gasteiger partial charge is 0.293 e. The fourth-order valence-corrected chi connectivity index (χ4v) is 0.669. The van der Waals surface area contributed by atoms with Crippen LogP contribution in [-0.4, -0.2) is 20.1 Å². The number of carbonyl (C=O) groups excluding carboxylic acids is 1. The van der Waals surface area contributed by atoms with Gasteiger partial charge in [-0.3, -0.25) is 4.79 Å². The number of carbonyl (C=O) groups is 1. The Morgan fingerprint density at radius 3 is 2.64 bits per heavy atom. The highest BCUT2D eigenvalue weighted by atomic mass is 32.1. The first-order valence-corrected chi connectivity index (χ1v) is 3.34. The van der Waals surface area contributed by atoms with E-state index in [-0.39, 0.29) is 17.0 Å². The summed E-state index contributed by atoms with van der Waals surface area (Å²) in [6.07, 6.45) is 3.89. The maximum Gasteiger partial charge on any atom is 0.293 e. The van der Waals surface area contributed by atoms with Crippen LogP contribution in [0.1, 0.15) is 10.4 Å². The molecule has 0 spiro atoms. The Balaban J connectivity index is 2.94. The van der Waals surface area contributed by atoms with Crippen LogP contribution >= 0.6 is 0 Å². The first-order valence-electron chi connectivity index (χ1n) is 2.64. The van der Waals surface area contributed by atoms with Crippen molar-refractivity contribution < 1.29 is 9.00 Å². The van der Waals surface area contributed by atoms with E-state index in [1.165, 1.54) is 18.7 Å². The molecule has 0 aliphatic carbocycles. The second kappa shape index (κ2) is 3.67. The minimum Gasteiger partial charge on any atom is -0.266 e. The normalized spacial score (nSPS) is 8.73. The van der Waals surface area contributed by atoms with Crippen molar-refractivity contribution in [1.82, 2.24) is 9.97 Å². The number of rotatable bonds is 1. The third-order valence-electron chi connectivity index (χ3n) is 0.928. The first-order chi connectivity index (χ1) is 5.34. The average Bonchev–Trinajstić information content (AvgIpc) is 2.07. The van der Waals surface area contributed by atoms with Gasteiger partial charge >= 0.3 is 0 Å². The summed E-state index contributed by atoms with van der Waals surface area (Å²) < 4.78 is 12.8. The van der Waals surface area contributed by atoms with Gasteiger partial charge in [-0.1, -0.05) is 0 Å². The molecular formula is C5H3N3O2S. The van der Waals surface area contributed by atoms with Crippen LogP contribution in [0.4, 0.5) is 0 Å². The fraction of sp³-hybridized carbons (Fsp3) is 0. The summed E-state index contributed by atoms with van der Waals surface area (Å²) in [5.41, 5.74) is 0.218. The van der Waals surface area contributed by atoms with Gasteiger partial charge in [0.2, 0.25) is 11.5 Å². The molecule has 0 aromatic carbocycles. The van der Waals surface area contributed by atoms with E-state index in [1.807, 2.05) is 0 Å². The summed E-state index contributed by atoms with van der Waals surface area (Å²) in [6.45, 7) is 0. The van der Waals surface area contributed by atoms with Crippen molar-refractivity contribution in [1.29, 1.82) is 0 Å². The highest BCUT2D eigenvalue weighted by Crippen LogP contribution is 1.94. The fourth-order valence-electron chi connectivity index (χ4n) is 0.496. The Hall–Kier alpha value is -1.43. The highest BCUT2D eigenvalue weighted by molar-refractivity contribution is 7.55. The van der Waals surface area contributed by atoms with Crippen LogP contribution in [0.25, 0.3) is 0 Å². The quantitative estimate of drug-likeness (QED) is 0.593. The van der Waals surface area contributed by atoms with Crippen LogP contribution in [0.5, 0.6) is 0 Å². The van der Waals surface area contributed by atoms with Gasteiger partial charge in [-0.05, 0) is 0 Å². The maximum atomic E-state index is 10.8. The molecule has 5 nitrogen and oxygen atoms in total. The van der Waals surface area contributed by atoms with Crippen molar-refractivity contribution in [2.45, 2.75) is 0 Å². The van der Waals surface area contributed by atoms with E-state index in [2.05, 4.69) is 14.3 Å². The van der Waals surface area contributed by atoms with Crippen molar-refractivity contribution in [3.05, 3.63) is 24.3 Å². The van der Waals surface area contributed by atoms with Gasteiger partial charge in [-0.2, -0.15) is 4.21 Å². The molecule has 56 valence electrons. The molecular weight excluding hydrogens is 166 g/mol. The van der Waals surface area contributed by atoms with Crippen molar-refractivity contribution in [2.24, 2.45) is 4.36 Å². The molecule has 0 saturated heterocycles. The molecule has 0 N–H and O–H groups in total. The van der Waals surface area contributed by atoms with E-state index in [0.717, 1.165) is 0 Å². The second-order valence-electron chi connectivity index (χ2n) is 1.60. The van der Waals surface area contributed by atoms with Crippen LogP contribution in [0.15, 0.2) is 23.1 Å². The van der Waals surface area contributed by atoms with Gasteiger partial charge in [-0.15, -0.1) is 4.36 Å². The smallest absolute Gasteiger partial charge is 0.266 e. The number of amides is 1. The molecule has 0 atom stereocenters. The number of hydrogen-bond donors (Lipinski definition) is 0. The molecule has 1 aromatic rings. The molecule has 0 unspecified atom stereocenters. The summed E-state index contributed by atoms with van der Waals surface area (Å²) in [6, 6.07) is 0. The Bertz CT molecular complexity index is 307. The number of aromatic nitrogens is 2. The monoisotopic (exact) mass is 169 g/mol. The van der Waals surface area contributed by atoms with Gasteiger partial charge in [0.1, 0.15) is 6.33 Å². The first kappa shape index (κ1) is 7.67. The molecule has 0 aliphatic rings. The summed E-state index contributed by atoms with van der Waals surface area (Å²) >= 11 is -0.126. The number of nitrogens with zero attached hydrogens (tertiary/aromatic N) is 3. The van der Waals surface area contributed by atoms with Crippen LogP contribution in [0, 0.1) is 0 Å². The van der Waals surface area contributed by atoms with Gasteiger partial charge in [0.25, 0.3) is 5.91 Å². The third kappa shape index (κ3) is 2.01. The molecule has 1 aromatic heterocycles. The van der Waals surface area contributed by atoms with Crippen LogP contribution in [0.3, 0.4) is 0 Å². The van der Waals surface area contributed by atoms with Gasteiger partial charge in [0, 0.05) is 12.4 Å². The zero-order valence-corrected chi connectivity index (χ0v) is 6.11. The molecule has 0 saturated carbocycles. The molecule has 0 fully saturated rings. The van der Waals surface area contributed by atoms with E-state index >= 15 is 0 Å². The van der Waals surface area contributed by atoms with Crippen LogP contribution in [-0.2, 0) is 11.5 Å². The van der Waals surface area contributed by atoms with Crippen molar-refractivity contribution in [3.63, 3.8) is 0 Å². The highest BCUT2D eigenvalue weighted by Gasteiger charge is 2.01. The molecule has 1 rings (SSSR count). The van der Waals surface area contributed by atoms with E-state index in [4.69, 9.17) is 0 Å². The topological polar surface area (TPSA) is 72.3 Å². The molecule has 1 heterocycles. The van der Waals surface area contributed by atoms with Gasteiger partial charge in [0.05, 0.1) is 5.56 Å². The third-order valence-corrected chi connectivity index (χ3v) is 1.17. The predicted molar refractivity (Wildman–Crippen MR) is 36.9 cm³/mol. The lowest BCUT2D eigenvalue weighted by Crippen LogP contribution is -1.94. The van der Waals surface area contributed by atoms with Crippen LogP contribution < -0.4 is 0 Å². The molecule has 1 amide bonds. The minimum atomic E-state index is -0.606. The average molecular weight is 169 g/mol. The lowest BCUT2D eigenvalue weighted by atomic mass is 10.3. The summed E-state index contributed by atoms with van der Waals surface area (Å²) in [5, 5.41) is 0. The minimum absolute atomic E-state index is 0.126. The molecule has 0 aliphatic heterocycles. The second-order valence-corrected chi connectivity index (χ2v) is 1.93. The van der Waals surface area contributed by atoms with Gasteiger partial charge in [-0.25, -0.2) is 9.97 Å². The molecule has 0 radical (unpaired) electrons. The van der Waals surface area contributed by atoms with Gasteiger partial charge in [0.15, 0.2) is 0 Å². The molecule has 0 bridgehead atoms.